The van der Waals surface area contributed by atoms with Crippen LogP contribution in [0.3, 0.4) is 0 Å². The van der Waals surface area contributed by atoms with Gasteiger partial charge in [-0.3, -0.25) is 0 Å². The zero-order valence-corrected chi connectivity index (χ0v) is 19.8. The fraction of sp³-hybridized carbons (Fsp3) is 1.00. The largest absolute Gasteiger partial charge is 0.384 e. The highest BCUT2D eigenvalue weighted by molar-refractivity contribution is 6.83. The van der Waals surface area contributed by atoms with E-state index in [1.807, 2.05) is 0 Å². The van der Waals surface area contributed by atoms with Gasteiger partial charge in [0.2, 0.25) is 0 Å². The lowest BCUT2D eigenvalue weighted by Gasteiger charge is -2.58. The van der Waals surface area contributed by atoms with Crippen LogP contribution in [0.1, 0.15) is 62.3 Å². The van der Waals surface area contributed by atoms with E-state index in [4.69, 9.17) is 0 Å². The molecule has 0 atom stereocenters. The van der Waals surface area contributed by atoms with Crippen LogP contribution in [-0.2, 0) is 0 Å². The van der Waals surface area contributed by atoms with Crippen molar-refractivity contribution in [2.75, 3.05) is 58.9 Å². The van der Waals surface area contributed by atoms with E-state index < -0.39 is 0 Å². The highest BCUT2D eigenvalue weighted by Gasteiger charge is 2.56. The molecule has 1 rings (SSSR count). The van der Waals surface area contributed by atoms with E-state index in [0.29, 0.717) is 21.4 Å². The molecule has 1 heterocycles. The Morgan fingerprint density at radius 2 is 0.593 bits per heavy atom. The maximum absolute atomic E-state index is 2.72. The normalized spacial score (nSPS) is 18.0. The number of nitrogens with zero attached hydrogens (tertiary/aromatic N) is 6. The number of hydrogen-bond donors (Lipinski definition) is 0. The lowest BCUT2D eigenvalue weighted by molar-refractivity contribution is 0.278. The van der Waals surface area contributed by atoms with Gasteiger partial charge in [0.1, 0.15) is 0 Å². The Morgan fingerprint density at radius 1 is 0.407 bits per heavy atom. The molecule has 156 valence electrons. The Kier molecular flexibility index (Phi) is 11.6. The van der Waals surface area contributed by atoms with Gasteiger partial charge in [-0.1, -0.05) is 62.3 Å². The third-order valence-corrected chi connectivity index (χ3v) is 6.29. The number of rotatable bonds is 12. The second-order valence-corrected chi connectivity index (χ2v) is 7.19. The first-order valence-electron chi connectivity index (χ1n) is 11.5. The molecular weight excluding hydrogens is 333 g/mol. The standard InChI is InChI=1S/C18H45B3N6/c1-10-22(11-2)19-25(16-7)20(23(12-3)13-4)27(18-9)21(26(19)17-8)24(14-5)15-6/h10-18H2,1-9H3. The molecule has 0 aromatic carbocycles. The van der Waals surface area contributed by atoms with Crippen LogP contribution in [0, 0.1) is 0 Å². The molecule has 0 aliphatic carbocycles. The zero-order chi connectivity index (χ0) is 20.6. The summed E-state index contributed by atoms with van der Waals surface area (Å²) in [5.74, 6) is 0. The summed E-state index contributed by atoms with van der Waals surface area (Å²) in [5, 5.41) is 0. The van der Waals surface area contributed by atoms with Gasteiger partial charge in [-0.25, -0.2) is 0 Å². The molecule has 27 heavy (non-hydrogen) atoms. The Balaban J connectivity index is 3.56. The number of hydrogen-bond acceptors (Lipinski definition) is 6. The van der Waals surface area contributed by atoms with Crippen LogP contribution in [0.2, 0.25) is 0 Å². The maximum atomic E-state index is 2.72. The molecule has 0 N–H and O–H groups in total. The van der Waals surface area contributed by atoms with Crippen LogP contribution in [0.25, 0.3) is 0 Å². The minimum absolute atomic E-state index is 0.342. The Hall–Kier alpha value is -0.0452. The summed E-state index contributed by atoms with van der Waals surface area (Å²) in [7, 11) is 1.02. The second kappa shape index (κ2) is 12.5. The molecule has 0 spiro atoms. The quantitative estimate of drug-likeness (QED) is 0.481. The summed E-state index contributed by atoms with van der Waals surface area (Å²) in [5.41, 5.74) is 0. The molecule has 9 heteroatoms. The van der Waals surface area contributed by atoms with Gasteiger partial charge in [0.15, 0.2) is 0 Å². The first kappa shape index (κ1) is 25.0. The van der Waals surface area contributed by atoms with Crippen LogP contribution < -0.4 is 0 Å². The van der Waals surface area contributed by atoms with Crippen molar-refractivity contribution in [1.82, 2.24) is 28.6 Å². The highest BCUT2D eigenvalue weighted by atomic mass is 15.5. The summed E-state index contributed by atoms with van der Waals surface area (Å²) in [6, 6.07) is 0. The van der Waals surface area contributed by atoms with Crippen molar-refractivity contribution in [2.45, 2.75) is 62.3 Å². The van der Waals surface area contributed by atoms with Gasteiger partial charge in [0.05, 0.1) is 0 Å². The van der Waals surface area contributed by atoms with Gasteiger partial charge in [-0.2, -0.15) is 0 Å². The fourth-order valence-corrected chi connectivity index (χ4v) is 4.82. The van der Waals surface area contributed by atoms with E-state index in [1.165, 1.54) is 0 Å². The maximum Gasteiger partial charge on any atom is 0.384 e. The third kappa shape index (κ3) is 5.12. The summed E-state index contributed by atoms with van der Waals surface area (Å²) in [4.78, 5) is 7.90. The van der Waals surface area contributed by atoms with Crippen LogP contribution in [0.15, 0.2) is 0 Å². The zero-order valence-electron chi connectivity index (χ0n) is 19.8. The molecular formula is C18H45B3N6. The van der Waals surface area contributed by atoms with Gasteiger partial charge < -0.3 is 28.6 Å². The molecule has 0 saturated carbocycles. The lowest BCUT2D eigenvalue weighted by Crippen LogP contribution is -2.86. The Morgan fingerprint density at radius 3 is 0.704 bits per heavy atom. The van der Waals surface area contributed by atoms with Crippen molar-refractivity contribution >= 4 is 21.4 Å². The van der Waals surface area contributed by atoms with Gasteiger partial charge in [0.25, 0.3) is 0 Å². The average molecular weight is 378 g/mol. The fourth-order valence-electron chi connectivity index (χ4n) is 4.82. The molecule has 1 fully saturated rings. The Labute approximate surface area is 171 Å². The second-order valence-electron chi connectivity index (χ2n) is 7.19. The molecule has 0 amide bonds. The van der Waals surface area contributed by atoms with E-state index in [1.54, 1.807) is 0 Å². The topological polar surface area (TPSA) is 19.4 Å². The van der Waals surface area contributed by atoms with Crippen molar-refractivity contribution in [1.29, 1.82) is 0 Å². The van der Waals surface area contributed by atoms with Crippen molar-refractivity contribution in [2.24, 2.45) is 0 Å². The highest BCUT2D eigenvalue weighted by Crippen LogP contribution is 2.25. The van der Waals surface area contributed by atoms with Crippen molar-refractivity contribution in [3.63, 3.8) is 0 Å². The first-order valence-corrected chi connectivity index (χ1v) is 11.5. The van der Waals surface area contributed by atoms with E-state index in [9.17, 15) is 0 Å². The van der Waals surface area contributed by atoms with Gasteiger partial charge >= 0.3 is 21.4 Å². The Bertz CT molecular complexity index is 324. The molecule has 6 nitrogen and oxygen atoms in total. The predicted octanol–water partition coefficient (Wildman–Crippen LogP) is 1.95. The first-order chi connectivity index (χ1) is 13.0. The predicted molar refractivity (Wildman–Crippen MR) is 123 cm³/mol. The van der Waals surface area contributed by atoms with E-state index in [2.05, 4.69) is 90.9 Å². The monoisotopic (exact) mass is 378 g/mol. The SMILES string of the molecule is CCN(CC)B1N(CC)B(N(CC)CC)N(CC)B(N(CC)CC)N1CC. The average Bonchev–Trinajstić information content (AvgIpc) is 2.70. The molecule has 1 aliphatic heterocycles. The van der Waals surface area contributed by atoms with Gasteiger partial charge in [-0.05, 0) is 58.9 Å². The molecule has 0 aromatic rings. The van der Waals surface area contributed by atoms with Crippen molar-refractivity contribution in [3.8, 4) is 0 Å². The molecule has 0 bridgehead atoms. The van der Waals surface area contributed by atoms with Crippen LogP contribution in [0.4, 0.5) is 0 Å². The van der Waals surface area contributed by atoms with Gasteiger partial charge in [-0.15, -0.1) is 0 Å². The van der Waals surface area contributed by atoms with E-state index in [0.717, 1.165) is 58.9 Å². The molecule has 1 aliphatic rings. The molecule has 1 saturated heterocycles. The minimum Gasteiger partial charge on any atom is -0.328 e. The molecule has 0 unspecified atom stereocenters. The summed E-state index contributed by atoms with van der Waals surface area (Å²) in [6.45, 7) is 30.4. The smallest absolute Gasteiger partial charge is 0.328 e. The third-order valence-electron chi connectivity index (χ3n) is 6.29. The van der Waals surface area contributed by atoms with Crippen LogP contribution >= 0.6 is 0 Å². The minimum atomic E-state index is 0.342. The van der Waals surface area contributed by atoms with Crippen molar-refractivity contribution in [3.05, 3.63) is 0 Å². The van der Waals surface area contributed by atoms with Crippen molar-refractivity contribution < 1.29 is 0 Å². The summed E-state index contributed by atoms with van der Waals surface area (Å²) in [6.07, 6.45) is 0. The van der Waals surface area contributed by atoms with E-state index in [-0.39, 0.29) is 0 Å². The van der Waals surface area contributed by atoms with E-state index >= 15 is 0 Å². The van der Waals surface area contributed by atoms with Gasteiger partial charge in [0, 0.05) is 0 Å². The lowest BCUT2D eigenvalue weighted by atomic mass is 9.53. The van der Waals surface area contributed by atoms with Crippen LogP contribution in [-0.4, -0.2) is 109 Å². The molecule has 0 radical (unpaired) electrons. The molecule has 0 aromatic heterocycles. The van der Waals surface area contributed by atoms with Crippen LogP contribution in [0.5, 0.6) is 0 Å². The summed E-state index contributed by atoms with van der Waals surface area (Å²) < 4.78 is 8.15. The summed E-state index contributed by atoms with van der Waals surface area (Å²) >= 11 is 0.